The molecule has 0 spiro atoms. The topological polar surface area (TPSA) is 33.0 Å². The molecule has 0 radical (unpaired) electrons. The van der Waals surface area contributed by atoms with Crippen molar-refractivity contribution in [2.45, 2.75) is 6.61 Å². The number of ether oxygens (including phenoxy) is 1. The molecule has 3 aromatic rings. The molecular weight excluding hydrogens is 556 g/mol. The predicted octanol–water partition coefficient (Wildman–Crippen LogP) is 7.49. The fraction of sp³-hybridized carbons (Fsp3) is 0.0455. The smallest absolute Gasteiger partial charge is 0.152 e. The first-order valence-electron chi connectivity index (χ1n) is 8.20. The van der Waals surface area contributed by atoms with Gasteiger partial charge in [-0.1, -0.05) is 35.9 Å². The monoisotopic (exact) mass is 567 g/mol. The first-order chi connectivity index (χ1) is 13.5. The summed E-state index contributed by atoms with van der Waals surface area (Å²) in [6.07, 6.45) is 1.66. The van der Waals surface area contributed by atoms with Crippen LogP contribution in [0.3, 0.4) is 0 Å². The third-order valence-corrected chi connectivity index (χ3v) is 5.47. The lowest BCUT2D eigenvalue weighted by Gasteiger charge is -2.11. The standard InChI is InChI=1S/C22H13BrClFINO/c23-20-9-15(8-17(12-27)16-2-1-3-18(25)11-16)10-21(24)22(20)28-13-14-4-6-19(26)7-5-14/h1-11H,13H2/b17-8-. The molecule has 0 heterocycles. The summed E-state index contributed by atoms with van der Waals surface area (Å²) in [5.74, 6) is 0.138. The molecule has 0 N–H and O–H groups in total. The number of halogens is 4. The number of benzene rings is 3. The second-order valence-corrected chi connectivity index (χ2v) is 8.42. The van der Waals surface area contributed by atoms with E-state index in [2.05, 4.69) is 44.6 Å². The van der Waals surface area contributed by atoms with Crippen molar-refractivity contribution >= 4 is 61.8 Å². The Bertz CT molecular complexity index is 1050. The van der Waals surface area contributed by atoms with E-state index in [1.165, 1.54) is 12.1 Å². The van der Waals surface area contributed by atoms with Gasteiger partial charge in [0.15, 0.2) is 5.75 Å². The number of rotatable bonds is 5. The number of nitriles is 1. The molecular formula is C22H13BrClFINO. The molecule has 0 amide bonds. The summed E-state index contributed by atoms with van der Waals surface area (Å²) in [5, 5.41) is 9.86. The van der Waals surface area contributed by atoms with Crippen molar-refractivity contribution in [2.24, 2.45) is 0 Å². The van der Waals surface area contributed by atoms with Crippen LogP contribution in [0.2, 0.25) is 5.02 Å². The fourth-order valence-corrected chi connectivity index (χ4v) is 3.89. The van der Waals surface area contributed by atoms with Crippen molar-refractivity contribution in [3.05, 3.63) is 96.2 Å². The molecule has 3 rings (SSSR count). The molecule has 0 fully saturated rings. The average molecular weight is 569 g/mol. The molecule has 6 heteroatoms. The van der Waals surface area contributed by atoms with Gasteiger partial charge in [0.2, 0.25) is 0 Å². The zero-order chi connectivity index (χ0) is 20.1. The SMILES string of the molecule is N#C/C(=C/c1cc(Cl)c(OCc2ccc(I)cc2)c(Br)c1)c1cccc(F)c1. The van der Waals surface area contributed by atoms with Crippen LogP contribution in [0.4, 0.5) is 4.39 Å². The highest BCUT2D eigenvalue weighted by molar-refractivity contribution is 14.1. The molecule has 0 aliphatic carbocycles. The van der Waals surface area contributed by atoms with Gasteiger partial charge in [-0.15, -0.1) is 0 Å². The normalized spacial score (nSPS) is 11.2. The molecule has 0 aliphatic rings. The summed E-state index contributed by atoms with van der Waals surface area (Å²) in [6, 6.07) is 19.6. The van der Waals surface area contributed by atoms with Crippen molar-refractivity contribution in [3.63, 3.8) is 0 Å². The van der Waals surface area contributed by atoms with Gasteiger partial charge in [-0.3, -0.25) is 0 Å². The highest BCUT2D eigenvalue weighted by Crippen LogP contribution is 2.36. The Kier molecular flexibility index (Phi) is 7.11. The summed E-state index contributed by atoms with van der Waals surface area (Å²) in [6.45, 7) is 0.386. The molecule has 28 heavy (non-hydrogen) atoms. The Balaban J connectivity index is 1.84. The predicted molar refractivity (Wildman–Crippen MR) is 123 cm³/mol. The van der Waals surface area contributed by atoms with Gasteiger partial charge in [-0.05, 0) is 97.7 Å². The average Bonchev–Trinajstić information content (AvgIpc) is 2.67. The zero-order valence-electron chi connectivity index (χ0n) is 14.4. The molecule has 0 aromatic heterocycles. The van der Waals surface area contributed by atoms with E-state index in [9.17, 15) is 9.65 Å². The molecule has 0 saturated heterocycles. The van der Waals surface area contributed by atoms with E-state index in [0.717, 1.165) is 9.13 Å². The van der Waals surface area contributed by atoms with Crippen molar-refractivity contribution in [1.29, 1.82) is 5.26 Å². The van der Waals surface area contributed by atoms with Crippen molar-refractivity contribution < 1.29 is 9.13 Å². The lowest BCUT2D eigenvalue weighted by Crippen LogP contribution is -1.97. The Morgan fingerprint density at radius 1 is 1.18 bits per heavy atom. The van der Waals surface area contributed by atoms with Crippen molar-refractivity contribution in [2.75, 3.05) is 0 Å². The van der Waals surface area contributed by atoms with Gasteiger partial charge in [0.25, 0.3) is 0 Å². The molecule has 3 aromatic carbocycles. The zero-order valence-corrected chi connectivity index (χ0v) is 18.9. The molecule has 0 bridgehead atoms. The lowest BCUT2D eigenvalue weighted by atomic mass is 10.0. The fourth-order valence-electron chi connectivity index (χ4n) is 2.54. The molecule has 2 nitrogen and oxygen atoms in total. The summed E-state index contributed by atoms with van der Waals surface area (Å²) >= 11 is 12.1. The second-order valence-electron chi connectivity index (χ2n) is 5.91. The highest BCUT2D eigenvalue weighted by atomic mass is 127. The number of hydrogen-bond acceptors (Lipinski definition) is 2. The number of hydrogen-bond donors (Lipinski definition) is 0. The minimum atomic E-state index is -0.391. The van der Waals surface area contributed by atoms with Gasteiger partial charge in [0.05, 0.1) is 21.1 Å². The Labute approximate surface area is 189 Å². The summed E-state index contributed by atoms with van der Waals surface area (Å²) < 4.78 is 21.1. The summed E-state index contributed by atoms with van der Waals surface area (Å²) in [4.78, 5) is 0. The number of allylic oxidation sites excluding steroid dienone is 1. The van der Waals surface area contributed by atoms with Crippen LogP contribution < -0.4 is 4.74 Å². The lowest BCUT2D eigenvalue weighted by molar-refractivity contribution is 0.304. The third-order valence-electron chi connectivity index (χ3n) is 3.88. The van der Waals surface area contributed by atoms with Crippen LogP contribution in [0.15, 0.2) is 65.1 Å². The minimum Gasteiger partial charge on any atom is -0.486 e. The van der Waals surface area contributed by atoms with E-state index < -0.39 is 5.82 Å². The molecule has 0 saturated carbocycles. The molecule has 0 aliphatic heterocycles. The summed E-state index contributed by atoms with van der Waals surface area (Å²) in [5.41, 5.74) is 2.59. The van der Waals surface area contributed by atoms with E-state index in [4.69, 9.17) is 16.3 Å². The van der Waals surface area contributed by atoms with Crippen molar-refractivity contribution in [1.82, 2.24) is 0 Å². The van der Waals surface area contributed by atoms with Crippen LogP contribution in [0.25, 0.3) is 11.6 Å². The molecule has 140 valence electrons. The largest absolute Gasteiger partial charge is 0.486 e. The van der Waals surface area contributed by atoms with Gasteiger partial charge in [0, 0.05) is 3.57 Å². The first kappa shape index (κ1) is 20.8. The van der Waals surface area contributed by atoms with E-state index in [1.54, 1.807) is 24.3 Å². The highest BCUT2D eigenvalue weighted by Gasteiger charge is 2.11. The van der Waals surface area contributed by atoms with Crippen LogP contribution in [-0.4, -0.2) is 0 Å². The maximum Gasteiger partial charge on any atom is 0.152 e. The van der Waals surface area contributed by atoms with Crippen LogP contribution in [0.1, 0.15) is 16.7 Å². The summed E-state index contributed by atoms with van der Waals surface area (Å²) in [7, 11) is 0. The van der Waals surface area contributed by atoms with Crippen LogP contribution in [0, 0.1) is 20.7 Å². The van der Waals surface area contributed by atoms with E-state index in [1.807, 2.05) is 30.3 Å². The van der Waals surface area contributed by atoms with Gasteiger partial charge in [-0.25, -0.2) is 4.39 Å². The Morgan fingerprint density at radius 3 is 2.57 bits per heavy atom. The van der Waals surface area contributed by atoms with Crippen LogP contribution >= 0.6 is 50.1 Å². The van der Waals surface area contributed by atoms with Crippen LogP contribution in [-0.2, 0) is 6.61 Å². The van der Waals surface area contributed by atoms with E-state index >= 15 is 0 Å². The second kappa shape index (κ2) is 9.55. The maximum absolute atomic E-state index is 13.4. The van der Waals surface area contributed by atoms with Gasteiger partial charge in [-0.2, -0.15) is 5.26 Å². The molecule has 0 atom stereocenters. The third kappa shape index (κ3) is 5.34. The van der Waals surface area contributed by atoms with E-state index in [-0.39, 0.29) is 0 Å². The first-order valence-corrected chi connectivity index (χ1v) is 10.5. The van der Waals surface area contributed by atoms with Gasteiger partial charge < -0.3 is 4.74 Å². The minimum absolute atomic E-state index is 0.343. The van der Waals surface area contributed by atoms with E-state index in [0.29, 0.717) is 38.6 Å². The quantitative estimate of drug-likeness (QED) is 0.182. The molecule has 0 unspecified atom stereocenters. The van der Waals surface area contributed by atoms with Gasteiger partial charge >= 0.3 is 0 Å². The van der Waals surface area contributed by atoms with Gasteiger partial charge in [0.1, 0.15) is 12.4 Å². The van der Waals surface area contributed by atoms with Crippen molar-refractivity contribution in [3.8, 4) is 11.8 Å². The Morgan fingerprint density at radius 2 is 1.93 bits per heavy atom. The van der Waals surface area contributed by atoms with Crippen LogP contribution in [0.5, 0.6) is 5.75 Å². The number of nitrogens with zero attached hydrogens (tertiary/aromatic N) is 1. The maximum atomic E-state index is 13.4. The Hall–Kier alpha value is -1.88.